The van der Waals surface area contributed by atoms with Crippen molar-refractivity contribution >= 4 is 5.78 Å². The van der Waals surface area contributed by atoms with E-state index in [1.54, 1.807) is 0 Å². The summed E-state index contributed by atoms with van der Waals surface area (Å²) in [5.74, 6) is 2.71. The number of alkyl halides is 1. The van der Waals surface area contributed by atoms with E-state index in [1.165, 1.54) is 38.5 Å². The zero-order valence-corrected chi connectivity index (χ0v) is 12.2. The molecule has 2 unspecified atom stereocenters. The van der Waals surface area contributed by atoms with Crippen LogP contribution in [0.2, 0.25) is 0 Å². The molecule has 0 amide bonds. The third kappa shape index (κ3) is 2.60. The Hall–Kier alpha value is -0.400. The quantitative estimate of drug-likeness (QED) is 0.721. The number of fused-ring (bicyclic) bond motifs is 2. The van der Waals surface area contributed by atoms with Gasteiger partial charge in [0.2, 0.25) is 0 Å². The molecule has 0 heterocycles. The molecule has 2 heteroatoms. The van der Waals surface area contributed by atoms with E-state index in [-0.39, 0.29) is 5.92 Å². The van der Waals surface area contributed by atoms with E-state index < -0.39 is 5.67 Å². The lowest BCUT2D eigenvalue weighted by Crippen LogP contribution is -2.46. The fraction of sp³-hybridized carbons (Fsp3) is 0.941. The summed E-state index contributed by atoms with van der Waals surface area (Å²) in [4.78, 5) is 12.3. The molecule has 3 saturated carbocycles. The highest BCUT2D eigenvalue weighted by Gasteiger charge is 2.48. The fourth-order valence-corrected chi connectivity index (χ4v) is 4.65. The van der Waals surface area contributed by atoms with E-state index in [9.17, 15) is 9.18 Å². The third-order valence-electron chi connectivity index (χ3n) is 6.22. The molecule has 0 N–H and O–H groups in total. The van der Waals surface area contributed by atoms with Crippen LogP contribution in [0.15, 0.2) is 0 Å². The van der Waals surface area contributed by atoms with Crippen molar-refractivity contribution in [1.82, 2.24) is 0 Å². The molecular formula is C17H27FO. The zero-order valence-electron chi connectivity index (χ0n) is 12.2. The lowest BCUT2D eigenvalue weighted by molar-refractivity contribution is -0.136. The summed E-state index contributed by atoms with van der Waals surface area (Å²) in [6.07, 6.45) is 10.5. The van der Waals surface area contributed by atoms with Gasteiger partial charge < -0.3 is 0 Å². The normalized spacial score (nSPS) is 45.6. The molecule has 0 aromatic heterocycles. The second-order valence-corrected chi connectivity index (χ2v) is 7.34. The van der Waals surface area contributed by atoms with Crippen molar-refractivity contribution in [2.24, 2.45) is 23.7 Å². The van der Waals surface area contributed by atoms with Crippen LogP contribution in [-0.4, -0.2) is 11.5 Å². The standard InChI is InChI=1S/C17H27FO/c1-2-17(18)10-14(11-17)16(19)9-15-12-6-4-3-5-7-13(15)8-12/h12-15H,2-11H2,1H3. The highest BCUT2D eigenvalue weighted by atomic mass is 19.1. The second kappa shape index (κ2) is 5.18. The van der Waals surface area contributed by atoms with Gasteiger partial charge in [-0.15, -0.1) is 0 Å². The Morgan fingerprint density at radius 2 is 1.79 bits per heavy atom. The molecule has 0 saturated heterocycles. The second-order valence-electron chi connectivity index (χ2n) is 7.34. The minimum absolute atomic E-state index is 0.0507. The summed E-state index contributed by atoms with van der Waals surface area (Å²) < 4.78 is 13.9. The van der Waals surface area contributed by atoms with Crippen LogP contribution in [0.25, 0.3) is 0 Å². The maximum Gasteiger partial charge on any atom is 0.136 e. The Morgan fingerprint density at radius 3 is 2.37 bits per heavy atom. The Labute approximate surface area is 116 Å². The van der Waals surface area contributed by atoms with Crippen molar-refractivity contribution in [3.05, 3.63) is 0 Å². The topological polar surface area (TPSA) is 17.1 Å². The van der Waals surface area contributed by atoms with E-state index in [0.29, 0.717) is 31.0 Å². The first-order valence-electron chi connectivity index (χ1n) is 8.33. The molecule has 1 nitrogen and oxygen atoms in total. The smallest absolute Gasteiger partial charge is 0.136 e. The van der Waals surface area contributed by atoms with Crippen molar-refractivity contribution in [3.8, 4) is 0 Å². The van der Waals surface area contributed by atoms with Gasteiger partial charge in [-0.2, -0.15) is 0 Å². The average Bonchev–Trinajstić information content (AvgIpc) is 2.29. The average molecular weight is 266 g/mol. The number of carbonyl (C=O) groups excluding carboxylic acids is 1. The van der Waals surface area contributed by atoms with Gasteiger partial charge in [-0.3, -0.25) is 4.79 Å². The van der Waals surface area contributed by atoms with Crippen molar-refractivity contribution < 1.29 is 9.18 Å². The number of hydrogen-bond donors (Lipinski definition) is 0. The van der Waals surface area contributed by atoms with Gasteiger partial charge in [-0.25, -0.2) is 4.39 Å². The maximum atomic E-state index is 13.9. The fourth-order valence-electron chi connectivity index (χ4n) is 4.65. The summed E-state index contributed by atoms with van der Waals surface area (Å²) in [5, 5.41) is 0. The Kier molecular flexibility index (Phi) is 3.70. The molecule has 3 rings (SSSR count). The lowest BCUT2D eigenvalue weighted by atomic mass is 9.57. The minimum atomic E-state index is -1.01. The summed E-state index contributed by atoms with van der Waals surface area (Å²) in [7, 11) is 0. The molecule has 3 aliphatic rings. The van der Waals surface area contributed by atoms with E-state index in [4.69, 9.17) is 0 Å². The van der Waals surface area contributed by atoms with Gasteiger partial charge in [0.1, 0.15) is 11.5 Å². The van der Waals surface area contributed by atoms with Gasteiger partial charge in [-0.1, -0.05) is 39.0 Å². The van der Waals surface area contributed by atoms with Gasteiger partial charge in [0.05, 0.1) is 0 Å². The minimum Gasteiger partial charge on any atom is -0.299 e. The van der Waals surface area contributed by atoms with Crippen LogP contribution in [0.5, 0.6) is 0 Å². The summed E-state index contributed by atoms with van der Waals surface area (Å²) in [5.41, 5.74) is -1.01. The predicted octanol–water partition coefficient (Wildman–Crippen LogP) is 4.69. The van der Waals surface area contributed by atoms with Crippen LogP contribution in [0.1, 0.15) is 71.1 Å². The highest BCUT2D eigenvalue weighted by Crippen LogP contribution is 2.51. The number of Topliss-reactive ketones (excluding diaryl/α,β-unsaturated/α-hetero) is 1. The molecule has 3 fully saturated rings. The molecule has 0 aromatic carbocycles. The molecule has 0 spiro atoms. The summed E-state index contributed by atoms with van der Waals surface area (Å²) >= 11 is 0. The first kappa shape index (κ1) is 13.6. The van der Waals surface area contributed by atoms with Crippen LogP contribution in [0, 0.1) is 23.7 Å². The molecular weight excluding hydrogens is 239 g/mol. The highest BCUT2D eigenvalue weighted by molar-refractivity contribution is 5.82. The number of halogens is 1. The van der Waals surface area contributed by atoms with Gasteiger partial charge >= 0.3 is 0 Å². The number of hydrogen-bond acceptors (Lipinski definition) is 1. The maximum absolute atomic E-state index is 13.9. The SMILES string of the molecule is CCC1(F)CC(C(=O)CC2C3CCCCCC2C3)C1. The summed E-state index contributed by atoms with van der Waals surface area (Å²) in [6, 6.07) is 0. The van der Waals surface area contributed by atoms with Crippen LogP contribution in [0.4, 0.5) is 4.39 Å². The first-order valence-corrected chi connectivity index (χ1v) is 8.33. The molecule has 0 radical (unpaired) electrons. The first-order chi connectivity index (χ1) is 9.11. The van der Waals surface area contributed by atoms with Crippen LogP contribution < -0.4 is 0 Å². The molecule has 0 aliphatic heterocycles. The van der Waals surface area contributed by atoms with E-state index >= 15 is 0 Å². The van der Waals surface area contributed by atoms with E-state index in [2.05, 4.69) is 0 Å². The predicted molar refractivity (Wildman–Crippen MR) is 74.7 cm³/mol. The van der Waals surface area contributed by atoms with Crippen LogP contribution >= 0.6 is 0 Å². The number of rotatable bonds is 4. The molecule has 0 aromatic rings. The Morgan fingerprint density at radius 1 is 1.16 bits per heavy atom. The van der Waals surface area contributed by atoms with Gasteiger partial charge in [0, 0.05) is 12.3 Å². The molecule has 108 valence electrons. The van der Waals surface area contributed by atoms with Gasteiger partial charge in [0.25, 0.3) is 0 Å². The Balaban J connectivity index is 1.50. The van der Waals surface area contributed by atoms with Gasteiger partial charge in [-0.05, 0) is 43.4 Å². The number of ketones is 1. The van der Waals surface area contributed by atoms with Crippen molar-refractivity contribution in [2.45, 2.75) is 76.8 Å². The molecule has 2 bridgehead atoms. The third-order valence-corrected chi connectivity index (χ3v) is 6.22. The van der Waals surface area contributed by atoms with E-state index in [1.807, 2.05) is 6.92 Å². The van der Waals surface area contributed by atoms with Crippen molar-refractivity contribution in [2.75, 3.05) is 0 Å². The monoisotopic (exact) mass is 266 g/mol. The van der Waals surface area contributed by atoms with Crippen molar-refractivity contribution in [1.29, 1.82) is 0 Å². The Bertz CT molecular complexity index is 329. The molecule has 19 heavy (non-hydrogen) atoms. The number of carbonyl (C=O) groups is 1. The van der Waals surface area contributed by atoms with Crippen LogP contribution in [0.3, 0.4) is 0 Å². The van der Waals surface area contributed by atoms with Crippen LogP contribution in [-0.2, 0) is 4.79 Å². The van der Waals surface area contributed by atoms with Gasteiger partial charge in [0.15, 0.2) is 0 Å². The lowest BCUT2D eigenvalue weighted by Gasteiger charge is -2.48. The summed E-state index contributed by atoms with van der Waals surface area (Å²) in [6.45, 7) is 1.89. The van der Waals surface area contributed by atoms with E-state index in [0.717, 1.165) is 18.3 Å². The molecule has 2 atom stereocenters. The van der Waals surface area contributed by atoms with Crippen molar-refractivity contribution in [3.63, 3.8) is 0 Å². The largest absolute Gasteiger partial charge is 0.299 e. The zero-order chi connectivity index (χ0) is 13.5. The molecule has 3 aliphatic carbocycles.